The Morgan fingerprint density at radius 1 is 1.47 bits per heavy atom. The quantitative estimate of drug-likeness (QED) is 0.634. The van der Waals surface area contributed by atoms with E-state index in [1.54, 1.807) is 0 Å². The molecular weight excluding hydrogens is 216 g/mol. The molecule has 0 aromatic carbocycles. The van der Waals surface area contributed by atoms with Gasteiger partial charge in [-0.25, -0.2) is 0 Å². The Balaban J connectivity index is 1.95. The summed E-state index contributed by atoms with van der Waals surface area (Å²) < 4.78 is 0. The van der Waals surface area contributed by atoms with Gasteiger partial charge in [-0.1, -0.05) is 0 Å². The SMILES string of the molecule is CC(C)N1CCC(CNCCCCC(=O)O)C1. The van der Waals surface area contributed by atoms with Crippen LogP contribution in [0, 0.1) is 5.92 Å². The van der Waals surface area contributed by atoms with Crippen molar-refractivity contribution in [3.63, 3.8) is 0 Å². The molecule has 1 unspecified atom stereocenters. The molecular formula is C13H26N2O2. The number of nitrogens with one attached hydrogen (secondary N) is 1. The summed E-state index contributed by atoms with van der Waals surface area (Å²) in [6, 6.07) is 0.663. The highest BCUT2D eigenvalue weighted by Crippen LogP contribution is 2.17. The molecule has 1 rings (SSSR count). The van der Waals surface area contributed by atoms with Crippen LogP contribution in [-0.2, 0) is 4.79 Å². The Morgan fingerprint density at radius 2 is 2.24 bits per heavy atom. The van der Waals surface area contributed by atoms with Crippen LogP contribution in [0.15, 0.2) is 0 Å². The zero-order valence-electron chi connectivity index (χ0n) is 11.1. The smallest absolute Gasteiger partial charge is 0.303 e. The van der Waals surface area contributed by atoms with Crippen molar-refractivity contribution >= 4 is 5.97 Å². The van der Waals surface area contributed by atoms with Crippen LogP contribution in [0.5, 0.6) is 0 Å². The summed E-state index contributed by atoms with van der Waals surface area (Å²) in [6.45, 7) is 8.97. The molecule has 1 saturated heterocycles. The third kappa shape index (κ3) is 6.03. The van der Waals surface area contributed by atoms with Crippen molar-refractivity contribution in [2.45, 2.75) is 45.6 Å². The fraction of sp³-hybridized carbons (Fsp3) is 0.923. The predicted octanol–water partition coefficient (Wildman–Crippen LogP) is 1.56. The maximum atomic E-state index is 10.3. The molecule has 1 aliphatic heterocycles. The Kier molecular flexibility index (Phi) is 6.52. The number of rotatable bonds is 8. The Hall–Kier alpha value is -0.610. The fourth-order valence-electron chi connectivity index (χ4n) is 2.33. The van der Waals surface area contributed by atoms with E-state index in [2.05, 4.69) is 24.1 Å². The van der Waals surface area contributed by atoms with E-state index in [0.29, 0.717) is 12.5 Å². The van der Waals surface area contributed by atoms with Gasteiger partial charge in [0.25, 0.3) is 0 Å². The number of hydrogen-bond donors (Lipinski definition) is 2. The van der Waals surface area contributed by atoms with Crippen LogP contribution < -0.4 is 5.32 Å². The fourth-order valence-corrected chi connectivity index (χ4v) is 2.33. The highest BCUT2D eigenvalue weighted by atomic mass is 16.4. The van der Waals surface area contributed by atoms with E-state index in [0.717, 1.165) is 31.8 Å². The second kappa shape index (κ2) is 7.67. The van der Waals surface area contributed by atoms with Crippen molar-refractivity contribution in [1.29, 1.82) is 0 Å². The van der Waals surface area contributed by atoms with Crippen LogP contribution >= 0.6 is 0 Å². The average Bonchev–Trinajstić information content (AvgIpc) is 2.71. The maximum absolute atomic E-state index is 10.3. The normalized spacial score (nSPS) is 21.2. The van der Waals surface area contributed by atoms with Crippen LogP contribution in [0.2, 0.25) is 0 Å². The van der Waals surface area contributed by atoms with Gasteiger partial charge in [-0.05, 0) is 58.7 Å². The lowest BCUT2D eigenvalue weighted by Gasteiger charge is -2.20. The van der Waals surface area contributed by atoms with Gasteiger partial charge in [0.1, 0.15) is 0 Å². The van der Waals surface area contributed by atoms with E-state index in [9.17, 15) is 4.79 Å². The molecule has 1 heterocycles. The first-order valence-electron chi connectivity index (χ1n) is 6.76. The summed E-state index contributed by atoms with van der Waals surface area (Å²) in [6.07, 6.45) is 3.34. The summed E-state index contributed by atoms with van der Waals surface area (Å²) in [4.78, 5) is 12.8. The van der Waals surface area contributed by atoms with Gasteiger partial charge < -0.3 is 15.3 Å². The van der Waals surface area contributed by atoms with Crippen molar-refractivity contribution in [3.05, 3.63) is 0 Å². The van der Waals surface area contributed by atoms with Gasteiger partial charge in [-0.15, -0.1) is 0 Å². The van der Waals surface area contributed by atoms with Gasteiger partial charge in [0.2, 0.25) is 0 Å². The van der Waals surface area contributed by atoms with E-state index in [4.69, 9.17) is 5.11 Å². The predicted molar refractivity (Wildman–Crippen MR) is 69.2 cm³/mol. The van der Waals surface area contributed by atoms with Crippen molar-refractivity contribution in [2.75, 3.05) is 26.2 Å². The topological polar surface area (TPSA) is 52.6 Å². The maximum Gasteiger partial charge on any atom is 0.303 e. The molecule has 0 aliphatic carbocycles. The minimum Gasteiger partial charge on any atom is -0.481 e. The molecule has 0 amide bonds. The Morgan fingerprint density at radius 3 is 2.82 bits per heavy atom. The van der Waals surface area contributed by atoms with E-state index < -0.39 is 5.97 Å². The van der Waals surface area contributed by atoms with Gasteiger partial charge in [0, 0.05) is 19.0 Å². The minimum absolute atomic E-state index is 0.298. The number of aliphatic carboxylic acids is 1. The van der Waals surface area contributed by atoms with Crippen LogP contribution in [0.3, 0.4) is 0 Å². The second-order valence-electron chi connectivity index (χ2n) is 5.30. The highest BCUT2D eigenvalue weighted by molar-refractivity contribution is 5.66. The third-order valence-corrected chi connectivity index (χ3v) is 3.47. The first-order chi connectivity index (χ1) is 8.09. The van der Waals surface area contributed by atoms with E-state index in [1.807, 2.05) is 0 Å². The van der Waals surface area contributed by atoms with Crippen molar-refractivity contribution in [3.8, 4) is 0 Å². The van der Waals surface area contributed by atoms with Gasteiger partial charge in [0.05, 0.1) is 0 Å². The number of likely N-dealkylation sites (tertiary alicyclic amines) is 1. The zero-order valence-corrected chi connectivity index (χ0v) is 11.1. The van der Waals surface area contributed by atoms with Crippen molar-refractivity contribution in [2.24, 2.45) is 5.92 Å². The Bertz CT molecular complexity index is 231. The zero-order chi connectivity index (χ0) is 12.7. The lowest BCUT2D eigenvalue weighted by atomic mass is 10.1. The Labute approximate surface area is 104 Å². The van der Waals surface area contributed by atoms with E-state index in [1.165, 1.54) is 19.5 Å². The number of carbonyl (C=O) groups is 1. The van der Waals surface area contributed by atoms with E-state index in [-0.39, 0.29) is 0 Å². The second-order valence-corrected chi connectivity index (χ2v) is 5.30. The first-order valence-corrected chi connectivity index (χ1v) is 6.76. The molecule has 4 nitrogen and oxygen atoms in total. The summed E-state index contributed by atoms with van der Waals surface area (Å²) in [5.41, 5.74) is 0. The summed E-state index contributed by atoms with van der Waals surface area (Å²) in [7, 11) is 0. The molecule has 0 saturated carbocycles. The van der Waals surface area contributed by atoms with E-state index >= 15 is 0 Å². The van der Waals surface area contributed by atoms with Crippen molar-refractivity contribution < 1.29 is 9.90 Å². The molecule has 0 spiro atoms. The lowest BCUT2D eigenvalue weighted by molar-refractivity contribution is -0.137. The van der Waals surface area contributed by atoms with Gasteiger partial charge in [-0.3, -0.25) is 4.79 Å². The molecule has 2 N–H and O–H groups in total. The van der Waals surface area contributed by atoms with Gasteiger partial charge in [0.15, 0.2) is 0 Å². The number of hydrogen-bond acceptors (Lipinski definition) is 3. The molecule has 0 aromatic heterocycles. The summed E-state index contributed by atoms with van der Waals surface area (Å²) in [5, 5.41) is 11.9. The molecule has 0 aromatic rings. The monoisotopic (exact) mass is 242 g/mol. The average molecular weight is 242 g/mol. The largest absolute Gasteiger partial charge is 0.481 e. The first kappa shape index (κ1) is 14.5. The summed E-state index contributed by atoms with van der Waals surface area (Å²) in [5.74, 6) is 0.0882. The number of unbranched alkanes of at least 4 members (excludes halogenated alkanes) is 1. The van der Waals surface area contributed by atoms with Crippen LogP contribution in [0.4, 0.5) is 0 Å². The molecule has 1 fully saturated rings. The highest BCUT2D eigenvalue weighted by Gasteiger charge is 2.23. The standard InChI is InChI=1S/C13H26N2O2/c1-11(2)15-8-6-12(10-15)9-14-7-4-3-5-13(16)17/h11-12,14H,3-10H2,1-2H3,(H,16,17). The van der Waals surface area contributed by atoms with Crippen LogP contribution in [0.25, 0.3) is 0 Å². The third-order valence-electron chi connectivity index (χ3n) is 3.47. The number of nitrogens with zero attached hydrogens (tertiary/aromatic N) is 1. The molecule has 0 bridgehead atoms. The lowest BCUT2D eigenvalue weighted by Crippen LogP contribution is -2.31. The molecule has 0 radical (unpaired) electrons. The van der Waals surface area contributed by atoms with Crippen molar-refractivity contribution in [1.82, 2.24) is 10.2 Å². The number of carboxylic acids is 1. The molecule has 1 atom stereocenters. The van der Waals surface area contributed by atoms with Crippen LogP contribution in [0.1, 0.15) is 39.5 Å². The number of carboxylic acid groups (broad SMARTS) is 1. The minimum atomic E-state index is -0.687. The van der Waals surface area contributed by atoms with Gasteiger partial charge >= 0.3 is 5.97 Å². The summed E-state index contributed by atoms with van der Waals surface area (Å²) >= 11 is 0. The van der Waals surface area contributed by atoms with Crippen LogP contribution in [-0.4, -0.2) is 48.2 Å². The molecule has 17 heavy (non-hydrogen) atoms. The van der Waals surface area contributed by atoms with Gasteiger partial charge in [-0.2, -0.15) is 0 Å². The molecule has 4 heteroatoms. The molecule has 1 aliphatic rings. The molecule has 100 valence electrons.